The zero-order valence-electron chi connectivity index (χ0n) is 23.3. The third-order valence-electron chi connectivity index (χ3n) is 5.59. The quantitative estimate of drug-likeness (QED) is 0.111. The Kier molecular flexibility index (Phi) is 10.2. The van der Waals surface area contributed by atoms with Crippen molar-refractivity contribution in [3.63, 3.8) is 0 Å². The van der Waals surface area contributed by atoms with E-state index < -0.39 is 76.5 Å². The van der Waals surface area contributed by atoms with Gasteiger partial charge < -0.3 is 10.6 Å². The van der Waals surface area contributed by atoms with Gasteiger partial charge in [0.15, 0.2) is 23.3 Å². The van der Waals surface area contributed by atoms with E-state index in [-0.39, 0.29) is 17.8 Å². The van der Waals surface area contributed by atoms with Crippen molar-refractivity contribution in [3.8, 4) is 11.5 Å². The monoisotopic (exact) mass is 619 g/mol. The SMILES string of the molecule is C=CCNC(=O)c1cc(Cc2ccnc(NS(=O)(=O)NC)c2F)c(F)c(F)c1Nc1ccc(C#C[Si](C)(C)C)cc1F. The van der Waals surface area contributed by atoms with Gasteiger partial charge in [-0.05, 0) is 41.5 Å². The van der Waals surface area contributed by atoms with E-state index in [0.29, 0.717) is 5.56 Å². The Bertz CT molecular complexity index is 1700. The molecular weight excluding hydrogens is 590 g/mol. The number of halogens is 4. The van der Waals surface area contributed by atoms with Crippen LogP contribution in [-0.2, 0) is 16.6 Å². The number of nitrogens with one attached hydrogen (secondary N) is 4. The van der Waals surface area contributed by atoms with E-state index in [2.05, 4.69) is 33.7 Å². The Hall–Kier alpha value is -4.19. The smallest absolute Gasteiger partial charge is 0.300 e. The van der Waals surface area contributed by atoms with Crippen LogP contribution in [0.2, 0.25) is 19.6 Å². The van der Waals surface area contributed by atoms with E-state index in [9.17, 15) is 17.6 Å². The number of benzene rings is 2. The van der Waals surface area contributed by atoms with Gasteiger partial charge >= 0.3 is 0 Å². The minimum absolute atomic E-state index is 0.0145. The van der Waals surface area contributed by atoms with Gasteiger partial charge in [0.05, 0.1) is 16.9 Å². The highest BCUT2D eigenvalue weighted by atomic mass is 32.2. The van der Waals surface area contributed by atoms with E-state index in [0.717, 1.165) is 31.4 Å². The molecule has 0 aliphatic rings. The lowest BCUT2D eigenvalue weighted by Crippen LogP contribution is -2.27. The van der Waals surface area contributed by atoms with Gasteiger partial charge in [0.2, 0.25) is 0 Å². The van der Waals surface area contributed by atoms with Gasteiger partial charge in [-0.1, -0.05) is 31.6 Å². The molecule has 0 aliphatic heterocycles. The van der Waals surface area contributed by atoms with Crippen LogP contribution in [0.5, 0.6) is 0 Å². The molecule has 8 nitrogen and oxygen atoms in total. The van der Waals surface area contributed by atoms with Crippen molar-refractivity contribution in [3.05, 3.63) is 94.7 Å². The molecule has 0 fully saturated rings. The molecule has 3 rings (SSSR count). The Morgan fingerprint density at radius 1 is 1.05 bits per heavy atom. The fourth-order valence-electron chi connectivity index (χ4n) is 3.53. The minimum atomic E-state index is -4.12. The molecule has 2 aromatic carbocycles. The molecule has 4 N–H and O–H groups in total. The number of aromatic nitrogens is 1. The summed E-state index contributed by atoms with van der Waals surface area (Å²) in [5.41, 5.74) is 1.56. The third kappa shape index (κ3) is 8.18. The van der Waals surface area contributed by atoms with E-state index in [1.54, 1.807) is 0 Å². The average Bonchev–Trinajstić information content (AvgIpc) is 2.92. The summed E-state index contributed by atoms with van der Waals surface area (Å²) in [6.07, 6.45) is 1.87. The first-order valence-corrected chi connectivity index (χ1v) is 17.5. The summed E-state index contributed by atoms with van der Waals surface area (Å²) in [7, 11) is -4.76. The number of rotatable bonds is 10. The predicted octanol–water partition coefficient (Wildman–Crippen LogP) is 4.99. The first kappa shape index (κ1) is 32.3. The summed E-state index contributed by atoms with van der Waals surface area (Å²) >= 11 is 0. The van der Waals surface area contributed by atoms with Crippen LogP contribution in [0.1, 0.15) is 27.0 Å². The van der Waals surface area contributed by atoms with Gasteiger partial charge in [0.1, 0.15) is 13.9 Å². The van der Waals surface area contributed by atoms with Crippen LogP contribution in [0.15, 0.2) is 49.2 Å². The molecule has 222 valence electrons. The first-order valence-electron chi connectivity index (χ1n) is 12.5. The van der Waals surface area contributed by atoms with Crippen molar-refractivity contribution in [2.24, 2.45) is 0 Å². The zero-order chi connectivity index (χ0) is 31.2. The largest absolute Gasteiger partial charge is 0.350 e. The highest BCUT2D eigenvalue weighted by Crippen LogP contribution is 2.32. The number of hydrogen-bond donors (Lipinski definition) is 4. The number of amides is 1. The fourth-order valence-corrected chi connectivity index (χ4v) is 4.55. The van der Waals surface area contributed by atoms with Crippen LogP contribution in [0.25, 0.3) is 0 Å². The van der Waals surface area contributed by atoms with Gasteiger partial charge in [-0.15, -0.1) is 12.1 Å². The molecular formula is C28H29F4N5O3SSi. The molecule has 0 spiro atoms. The van der Waals surface area contributed by atoms with Crippen LogP contribution >= 0.6 is 0 Å². The van der Waals surface area contributed by atoms with E-state index >= 15 is 13.2 Å². The van der Waals surface area contributed by atoms with E-state index in [1.165, 1.54) is 18.2 Å². The van der Waals surface area contributed by atoms with Crippen LogP contribution < -0.4 is 20.1 Å². The summed E-state index contributed by atoms with van der Waals surface area (Å²) in [6, 6.07) is 6.09. The molecule has 0 saturated carbocycles. The average molecular weight is 620 g/mol. The topological polar surface area (TPSA) is 112 Å². The third-order valence-corrected chi connectivity index (χ3v) is 7.47. The lowest BCUT2D eigenvalue weighted by Gasteiger charge is -2.17. The lowest BCUT2D eigenvalue weighted by molar-refractivity contribution is 0.0958. The van der Waals surface area contributed by atoms with Crippen molar-refractivity contribution in [2.75, 3.05) is 23.6 Å². The second-order valence-electron chi connectivity index (χ2n) is 10.0. The maximum absolute atomic E-state index is 15.5. The summed E-state index contributed by atoms with van der Waals surface area (Å²) in [4.78, 5) is 16.6. The number of carbonyl (C=O) groups is 1. The highest BCUT2D eigenvalue weighted by Gasteiger charge is 2.25. The number of pyridine rings is 1. The summed E-state index contributed by atoms with van der Waals surface area (Å²) in [6.45, 7) is 9.56. The van der Waals surface area contributed by atoms with Crippen LogP contribution in [0.3, 0.4) is 0 Å². The predicted molar refractivity (Wildman–Crippen MR) is 157 cm³/mol. The van der Waals surface area contributed by atoms with Crippen molar-refractivity contribution < 1.29 is 30.8 Å². The van der Waals surface area contributed by atoms with Gasteiger partial charge in [-0.3, -0.25) is 9.52 Å². The van der Waals surface area contributed by atoms with Crippen LogP contribution in [-0.4, -0.2) is 41.0 Å². The molecule has 1 amide bonds. The first-order chi connectivity index (χ1) is 19.7. The van der Waals surface area contributed by atoms with E-state index in [1.807, 2.05) is 29.1 Å². The number of anilines is 3. The second kappa shape index (κ2) is 13.2. The molecule has 14 heteroatoms. The molecule has 0 aliphatic carbocycles. The molecule has 42 heavy (non-hydrogen) atoms. The summed E-state index contributed by atoms with van der Waals surface area (Å²) < 4.78 is 88.3. The molecule has 0 saturated heterocycles. The van der Waals surface area contributed by atoms with Gasteiger partial charge in [-0.2, -0.15) is 8.42 Å². The Morgan fingerprint density at radius 3 is 2.38 bits per heavy atom. The Morgan fingerprint density at radius 2 is 1.76 bits per heavy atom. The molecule has 0 bridgehead atoms. The van der Waals surface area contributed by atoms with Gasteiger partial charge in [0.25, 0.3) is 16.1 Å². The maximum Gasteiger partial charge on any atom is 0.300 e. The Balaban J connectivity index is 2.06. The fraction of sp³-hybridized carbons (Fsp3) is 0.214. The van der Waals surface area contributed by atoms with Crippen LogP contribution in [0.4, 0.5) is 34.8 Å². The number of hydrogen-bond acceptors (Lipinski definition) is 5. The van der Waals surface area contributed by atoms with Crippen molar-refractivity contribution in [2.45, 2.75) is 26.1 Å². The molecule has 1 heterocycles. The highest BCUT2D eigenvalue weighted by molar-refractivity contribution is 7.90. The number of carbonyl (C=O) groups excluding carboxylic acids is 1. The normalized spacial score (nSPS) is 11.3. The minimum Gasteiger partial charge on any atom is -0.350 e. The Labute approximate surface area is 242 Å². The standard InChI is InChI=1S/C28H29F4N5O3SSi/c1-6-11-35-28(38)20-16-19(15-18-9-12-34-27(24(18)31)37-41(39,40)33-2)23(30)25(32)26(20)36-22-8-7-17(14-21(22)29)10-13-42(3,4)5/h6-9,12,14,16,33,36H,1,11,15H2,2-5H3,(H,34,37)(H,35,38). The van der Waals surface area contributed by atoms with Crippen molar-refractivity contribution in [1.29, 1.82) is 0 Å². The second-order valence-corrected chi connectivity index (χ2v) is 16.4. The van der Waals surface area contributed by atoms with Crippen molar-refractivity contribution >= 4 is 41.4 Å². The van der Waals surface area contributed by atoms with Gasteiger partial charge in [-0.25, -0.2) is 27.3 Å². The number of nitrogens with zero attached hydrogens (tertiary/aromatic N) is 1. The molecule has 3 aromatic rings. The molecule has 0 radical (unpaired) electrons. The summed E-state index contributed by atoms with van der Waals surface area (Å²) in [5.74, 6) is -3.48. The van der Waals surface area contributed by atoms with Crippen LogP contribution in [0, 0.1) is 34.7 Å². The van der Waals surface area contributed by atoms with Crippen molar-refractivity contribution in [1.82, 2.24) is 15.0 Å². The zero-order valence-corrected chi connectivity index (χ0v) is 25.1. The van der Waals surface area contributed by atoms with E-state index in [4.69, 9.17) is 0 Å². The molecule has 1 aromatic heterocycles. The van der Waals surface area contributed by atoms with Gasteiger partial charge in [0, 0.05) is 31.8 Å². The summed E-state index contributed by atoms with van der Waals surface area (Å²) in [5, 5.41) is 4.92. The maximum atomic E-state index is 15.5. The molecule has 0 unspecified atom stereocenters. The molecule has 0 atom stereocenters. The lowest BCUT2D eigenvalue weighted by atomic mass is 9.99.